The summed E-state index contributed by atoms with van der Waals surface area (Å²) in [6.07, 6.45) is 2.04. The van der Waals surface area contributed by atoms with E-state index >= 15 is 0 Å². The van der Waals surface area contributed by atoms with Gasteiger partial charge in [0.2, 0.25) is 0 Å². The minimum Gasteiger partial charge on any atom is -0.456 e. The van der Waals surface area contributed by atoms with Crippen molar-refractivity contribution in [3.63, 3.8) is 0 Å². The smallest absolute Gasteiger partial charge is 0.394 e. The van der Waals surface area contributed by atoms with Crippen molar-refractivity contribution in [2.75, 3.05) is 0 Å². The lowest BCUT2D eigenvalue weighted by molar-refractivity contribution is -0.158. The summed E-state index contributed by atoms with van der Waals surface area (Å²) in [5.41, 5.74) is 6.00. The Morgan fingerprint density at radius 3 is 2.38 bits per heavy atom. The minimum atomic E-state index is -3.23. The van der Waals surface area contributed by atoms with Crippen LogP contribution in [0.3, 0.4) is 0 Å². The average Bonchev–Trinajstić information content (AvgIpc) is 3.24. The van der Waals surface area contributed by atoms with Gasteiger partial charge >= 0.3 is 6.11 Å². The number of hydrogen-bond acceptors (Lipinski definition) is 2. The molecule has 32 heavy (non-hydrogen) atoms. The summed E-state index contributed by atoms with van der Waals surface area (Å²) < 4.78 is 37.3. The van der Waals surface area contributed by atoms with Crippen molar-refractivity contribution in [1.29, 1.82) is 0 Å². The highest BCUT2D eigenvalue weighted by molar-refractivity contribution is 5.72. The van der Waals surface area contributed by atoms with E-state index in [1.165, 1.54) is 28.3 Å². The molecular formula is C28H28F2O2. The molecule has 0 radical (unpaired) electrons. The van der Waals surface area contributed by atoms with E-state index in [0.29, 0.717) is 11.3 Å². The maximum Gasteiger partial charge on any atom is 0.394 e. The van der Waals surface area contributed by atoms with E-state index in [-0.39, 0.29) is 11.7 Å². The average molecular weight is 435 g/mol. The normalized spacial score (nSPS) is 21.4. The molecule has 1 aliphatic carbocycles. The third-order valence-corrected chi connectivity index (χ3v) is 5.94. The Hall–Kier alpha value is -3.14. The highest BCUT2D eigenvalue weighted by Crippen LogP contribution is 2.37. The van der Waals surface area contributed by atoms with Crippen molar-refractivity contribution < 1.29 is 17.9 Å². The van der Waals surface area contributed by atoms with Crippen LogP contribution in [0.25, 0.3) is 22.5 Å². The molecule has 1 aromatic heterocycles. The van der Waals surface area contributed by atoms with Crippen molar-refractivity contribution >= 4 is 11.1 Å². The molecule has 3 aromatic rings. The van der Waals surface area contributed by atoms with Gasteiger partial charge in [0.15, 0.2) is 0 Å². The van der Waals surface area contributed by atoms with E-state index in [2.05, 4.69) is 44.2 Å². The third-order valence-electron chi connectivity index (χ3n) is 5.94. The molecule has 1 atom stereocenters. The summed E-state index contributed by atoms with van der Waals surface area (Å²) in [6.45, 7) is 5.17. The van der Waals surface area contributed by atoms with Gasteiger partial charge < -0.3 is 9.15 Å². The molecular weight excluding hydrogens is 406 g/mol. The fourth-order valence-corrected chi connectivity index (χ4v) is 4.24. The summed E-state index contributed by atoms with van der Waals surface area (Å²) in [5, 5.41) is 0. The molecule has 1 unspecified atom stereocenters. The first-order valence-electron chi connectivity index (χ1n) is 11.0. The summed E-state index contributed by atoms with van der Waals surface area (Å²) in [7, 11) is 0. The topological polar surface area (TPSA) is 22.4 Å². The number of ether oxygens (including phenoxy) is 1. The van der Waals surface area contributed by atoms with Crippen LogP contribution in [-0.4, -0.2) is 6.11 Å². The molecule has 0 amide bonds. The monoisotopic (exact) mass is 434 g/mol. The molecule has 4 heteroatoms. The Bertz CT molecular complexity index is 1130. The van der Waals surface area contributed by atoms with Gasteiger partial charge in [0, 0.05) is 12.5 Å². The number of rotatable bonds is 5. The fraction of sp³-hybridized carbons (Fsp3) is 0.286. The second kappa shape index (κ2) is 9.15. The third kappa shape index (κ3) is 5.18. The van der Waals surface area contributed by atoms with E-state index in [0.717, 1.165) is 31.9 Å². The summed E-state index contributed by atoms with van der Waals surface area (Å²) >= 11 is 0. The lowest BCUT2D eigenvalue weighted by Crippen LogP contribution is -2.18. The van der Waals surface area contributed by atoms with E-state index in [4.69, 9.17) is 9.15 Å². The first kappa shape index (κ1) is 22.1. The van der Waals surface area contributed by atoms with Gasteiger partial charge in [-0.05, 0) is 73.1 Å². The Morgan fingerprint density at radius 2 is 1.62 bits per heavy atom. The van der Waals surface area contributed by atoms with Gasteiger partial charge in [0.05, 0.1) is 0 Å². The second-order valence-electron chi connectivity index (χ2n) is 8.46. The quantitative estimate of drug-likeness (QED) is 0.401. The Labute approximate surface area is 188 Å². The van der Waals surface area contributed by atoms with Crippen LogP contribution < -0.4 is 4.74 Å². The van der Waals surface area contributed by atoms with Gasteiger partial charge in [-0.25, -0.2) is 0 Å². The summed E-state index contributed by atoms with van der Waals surface area (Å²) in [5.74, 6) is 1.87. The standard InChI is InChI=1S/C28H28F2O2/c1-19-17-22(12-8-14-25(20(19)2)21-9-5-4-6-10-21)26-15-16-27(31-26)23-11-7-13-24(18-23)32-28(3,29)30/h4-7,9-11,13,15-19H,8,12,14H2,1-3H3/b22-17+,25-20+. The zero-order valence-electron chi connectivity index (χ0n) is 18.7. The van der Waals surface area contributed by atoms with E-state index < -0.39 is 6.11 Å². The lowest BCUT2D eigenvalue weighted by Gasteiger charge is -2.21. The van der Waals surface area contributed by atoms with Crippen LogP contribution >= 0.6 is 0 Å². The molecule has 2 aromatic carbocycles. The molecule has 0 aliphatic heterocycles. The predicted molar refractivity (Wildman–Crippen MR) is 125 cm³/mol. The number of alkyl halides is 2. The Balaban J connectivity index is 1.60. The van der Waals surface area contributed by atoms with Crippen LogP contribution in [0.15, 0.2) is 82.8 Å². The molecule has 1 heterocycles. The zero-order chi connectivity index (χ0) is 22.7. The van der Waals surface area contributed by atoms with Crippen LogP contribution in [-0.2, 0) is 0 Å². The van der Waals surface area contributed by atoms with Crippen molar-refractivity contribution in [2.24, 2.45) is 5.92 Å². The van der Waals surface area contributed by atoms with Gasteiger partial charge in [0.25, 0.3) is 0 Å². The van der Waals surface area contributed by atoms with Gasteiger partial charge in [-0.3, -0.25) is 0 Å². The molecule has 0 spiro atoms. The van der Waals surface area contributed by atoms with Crippen LogP contribution in [0.1, 0.15) is 51.4 Å². The van der Waals surface area contributed by atoms with Crippen LogP contribution in [0.2, 0.25) is 0 Å². The van der Waals surface area contributed by atoms with Crippen molar-refractivity contribution in [3.8, 4) is 17.1 Å². The van der Waals surface area contributed by atoms with E-state index in [1.54, 1.807) is 12.1 Å². The molecule has 0 saturated heterocycles. The maximum absolute atomic E-state index is 13.2. The van der Waals surface area contributed by atoms with Gasteiger partial charge in [-0.1, -0.05) is 61.0 Å². The largest absolute Gasteiger partial charge is 0.456 e. The first-order valence-corrected chi connectivity index (χ1v) is 11.0. The van der Waals surface area contributed by atoms with Gasteiger partial charge in [0.1, 0.15) is 17.3 Å². The second-order valence-corrected chi connectivity index (χ2v) is 8.46. The molecule has 4 rings (SSSR count). The SMILES string of the molecule is C/C1=C(\c2ccccc2)CCC/C(c2ccc(-c3cccc(OC(C)(F)F)c3)o2)=C\C1C. The van der Waals surface area contributed by atoms with E-state index in [9.17, 15) is 8.78 Å². The van der Waals surface area contributed by atoms with Crippen LogP contribution in [0, 0.1) is 5.92 Å². The minimum absolute atomic E-state index is 0.112. The number of furan rings is 1. The summed E-state index contributed by atoms with van der Waals surface area (Å²) in [4.78, 5) is 0. The van der Waals surface area contributed by atoms with Crippen molar-refractivity contribution in [1.82, 2.24) is 0 Å². The van der Waals surface area contributed by atoms with Crippen LogP contribution in [0.4, 0.5) is 8.78 Å². The molecule has 0 fully saturated rings. The Kier molecular flexibility index (Phi) is 6.31. The van der Waals surface area contributed by atoms with Gasteiger partial charge in [-0.2, -0.15) is 8.78 Å². The highest BCUT2D eigenvalue weighted by atomic mass is 19.3. The number of benzene rings is 2. The van der Waals surface area contributed by atoms with Crippen molar-refractivity contribution in [3.05, 3.63) is 89.7 Å². The molecule has 0 saturated carbocycles. The summed E-state index contributed by atoms with van der Waals surface area (Å²) in [6, 6.07) is 21.1. The lowest BCUT2D eigenvalue weighted by atomic mass is 9.85. The molecule has 166 valence electrons. The fourth-order valence-electron chi connectivity index (χ4n) is 4.24. The molecule has 0 N–H and O–H groups in total. The zero-order valence-corrected chi connectivity index (χ0v) is 18.7. The number of hydrogen-bond donors (Lipinski definition) is 0. The predicted octanol–water partition coefficient (Wildman–Crippen LogP) is 8.62. The maximum atomic E-state index is 13.2. The first-order chi connectivity index (χ1) is 15.3. The number of allylic oxidation sites excluding steroid dienone is 4. The molecule has 1 aliphatic rings. The highest BCUT2D eigenvalue weighted by Gasteiger charge is 2.23. The number of halogens is 2. The van der Waals surface area contributed by atoms with E-state index in [1.807, 2.05) is 24.3 Å². The van der Waals surface area contributed by atoms with Crippen LogP contribution in [0.5, 0.6) is 5.75 Å². The Morgan fingerprint density at radius 1 is 0.906 bits per heavy atom. The van der Waals surface area contributed by atoms with Gasteiger partial charge in [-0.15, -0.1) is 0 Å². The molecule has 2 nitrogen and oxygen atoms in total. The molecule has 0 bridgehead atoms. The van der Waals surface area contributed by atoms with Crippen molar-refractivity contribution in [2.45, 2.75) is 46.1 Å².